The van der Waals surface area contributed by atoms with Crippen molar-refractivity contribution in [3.63, 3.8) is 0 Å². The Kier molecular flexibility index (Phi) is 10.3. The van der Waals surface area contributed by atoms with Crippen LogP contribution in [0.5, 0.6) is 5.75 Å². The van der Waals surface area contributed by atoms with E-state index in [1.54, 1.807) is 13.4 Å². The third kappa shape index (κ3) is 6.88. The minimum absolute atomic E-state index is 0.000915. The number of rotatable bonds is 11. The molecule has 228 valence electrons. The number of hydrogen-bond acceptors (Lipinski definition) is 5. The highest BCUT2D eigenvalue weighted by atomic mass is 35.5. The van der Waals surface area contributed by atoms with Gasteiger partial charge in [-0.25, -0.2) is 8.78 Å². The lowest BCUT2D eigenvalue weighted by Crippen LogP contribution is -2.33. The Labute approximate surface area is 263 Å². The van der Waals surface area contributed by atoms with Gasteiger partial charge in [0.05, 0.1) is 37.9 Å². The average Bonchev–Trinajstić information content (AvgIpc) is 3.39. The second kappa shape index (κ2) is 14.0. The van der Waals surface area contributed by atoms with Crippen LogP contribution < -0.4 is 10.1 Å². The molecule has 1 aromatic heterocycles. The highest BCUT2D eigenvalue weighted by Gasteiger charge is 2.31. The second-order valence-electron chi connectivity index (χ2n) is 11.3. The zero-order valence-corrected chi connectivity index (χ0v) is 26.9. The molecule has 1 saturated carbocycles. The highest BCUT2D eigenvalue weighted by molar-refractivity contribution is 7.84. The first-order valence-electron chi connectivity index (χ1n) is 14.6. The van der Waals surface area contributed by atoms with E-state index in [0.29, 0.717) is 18.4 Å². The third-order valence-electron chi connectivity index (χ3n) is 8.80. The number of carbonyl (C=O) groups is 1. The Bertz CT molecular complexity index is 1650. The normalized spacial score (nSPS) is 18.5. The monoisotopic (exact) mass is 643 g/mol. The van der Waals surface area contributed by atoms with Crippen molar-refractivity contribution in [3.05, 3.63) is 81.7 Å². The molecule has 2 atom stereocenters. The van der Waals surface area contributed by atoms with Crippen LogP contribution in [0.1, 0.15) is 53.8 Å². The summed E-state index contributed by atoms with van der Waals surface area (Å²) < 4.78 is 47.2. The molecular weight excluding hydrogens is 608 g/mol. The minimum Gasteiger partial charge on any atom is -0.496 e. The molecule has 2 unspecified atom stereocenters. The summed E-state index contributed by atoms with van der Waals surface area (Å²) >= 11 is 7.43. The molecule has 1 heterocycles. The smallest absolute Gasteiger partial charge is 0.174 e. The molecule has 1 aliphatic rings. The van der Waals surface area contributed by atoms with E-state index in [1.165, 1.54) is 0 Å². The van der Waals surface area contributed by atoms with Crippen LogP contribution in [-0.4, -0.2) is 36.4 Å². The lowest BCUT2D eigenvalue weighted by atomic mass is 9.74. The zero-order chi connectivity index (χ0) is 30.7. The number of halogens is 3. The number of hydrogen-bond donors (Lipinski definition) is 1. The van der Waals surface area contributed by atoms with Gasteiger partial charge in [-0.15, -0.1) is 11.3 Å². The van der Waals surface area contributed by atoms with Gasteiger partial charge in [0.25, 0.3) is 0 Å². The summed E-state index contributed by atoms with van der Waals surface area (Å²) in [6.07, 6.45) is 7.43. The summed E-state index contributed by atoms with van der Waals surface area (Å²) in [6, 6.07) is 16.3. The average molecular weight is 644 g/mol. The number of benzene rings is 3. The van der Waals surface area contributed by atoms with E-state index in [0.717, 1.165) is 82.9 Å². The molecule has 5 rings (SSSR count). The van der Waals surface area contributed by atoms with Gasteiger partial charge in [-0.3, -0.25) is 9.00 Å². The van der Waals surface area contributed by atoms with Crippen LogP contribution in [0.3, 0.4) is 0 Å². The first kappa shape index (κ1) is 31.8. The molecule has 1 fully saturated rings. The maximum Gasteiger partial charge on any atom is 0.174 e. The van der Waals surface area contributed by atoms with Gasteiger partial charge < -0.3 is 10.1 Å². The van der Waals surface area contributed by atoms with Crippen LogP contribution in [0.2, 0.25) is 5.02 Å². The number of aryl methyl sites for hydroxylation is 1. The summed E-state index contributed by atoms with van der Waals surface area (Å²) in [5.74, 6) is -0.214. The zero-order valence-electron chi connectivity index (χ0n) is 24.6. The van der Waals surface area contributed by atoms with Gasteiger partial charge in [0, 0.05) is 23.6 Å². The predicted octanol–water partition coefficient (Wildman–Crippen LogP) is 8.85. The Morgan fingerprint density at radius 2 is 1.81 bits per heavy atom. The minimum atomic E-state index is -1.14. The molecule has 4 aromatic rings. The molecule has 3 aromatic carbocycles. The van der Waals surface area contributed by atoms with Crippen LogP contribution in [0.15, 0.2) is 59.5 Å². The Morgan fingerprint density at radius 3 is 2.49 bits per heavy atom. The van der Waals surface area contributed by atoms with Crippen molar-refractivity contribution in [1.82, 2.24) is 5.32 Å². The number of carbonyl (C=O) groups excluding carboxylic acids is 1. The Balaban J connectivity index is 1.43. The van der Waals surface area contributed by atoms with Crippen molar-refractivity contribution in [2.24, 2.45) is 11.8 Å². The number of methoxy groups -OCH3 is 1. The summed E-state index contributed by atoms with van der Waals surface area (Å²) in [7, 11) is 2.49. The van der Waals surface area contributed by atoms with Crippen LogP contribution >= 0.6 is 22.9 Å². The fourth-order valence-corrected chi connectivity index (χ4v) is 8.72. The molecule has 0 amide bonds. The second-order valence-corrected chi connectivity index (χ2v) is 14.0. The van der Waals surface area contributed by atoms with E-state index in [4.69, 9.17) is 16.3 Å². The van der Waals surface area contributed by atoms with Crippen molar-refractivity contribution in [2.45, 2.75) is 55.9 Å². The van der Waals surface area contributed by atoms with Crippen molar-refractivity contribution in [1.29, 1.82) is 0 Å². The largest absolute Gasteiger partial charge is 0.496 e. The first-order chi connectivity index (χ1) is 20.7. The SMILES string of the molecule is CNC1CCC(C(CCc2cc(-c3ccccc3S(C)=O)ccc2OC)CC(=O)c2sc3c(F)ccc(F)c3c2Cl)CC1. The molecule has 0 bridgehead atoms. The molecule has 9 heteroatoms. The predicted molar refractivity (Wildman–Crippen MR) is 173 cm³/mol. The molecule has 0 radical (unpaired) electrons. The van der Waals surface area contributed by atoms with E-state index < -0.39 is 22.4 Å². The van der Waals surface area contributed by atoms with Gasteiger partial charge in [-0.05, 0) is 104 Å². The number of ketones is 1. The number of fused-ring (bicyclic) bond motifs is 1. The summed E-state index contributed by atoms with van der Waals surface area (Å²) in [6.45, 7) is 0. The van der Waals surface area contributed by atoms with E-state index in [-0.39, 0.29) is 38.1 Å². The lowest BCUT2D eigenvalue weighted by molar-refractivity contribution is 0.0925. The van der Waals surface area contributed by atoms with Gasteiger partial charge in [-0.1, -0.05) is 35.9 Å². The summed E-state index contributed by atoms with van der Waals surface area (Å²) in [5, 5.41) is 3.36. The van der Waals surface area contributed by atoms with Crippen LogP contribution in [-0.2, 0) is 17.2 Å². The molecule has 0 spiro atoms. The molecule has 4 nitrogen and oxygen atoms in total. The van der Waals surface area contributed by atoms with Crippen molar-refractivity contribution < 1.29 is 22.5 Å². The number of nitrogens with one attached hydrogen (secondary N) is 1. The van der Waals surface area contributed by atoms with Crippen LogP contribution in [0, 0.1) is 23.5 Å². The summed E-state index contributed by atoms with van der Waals surface area (Å²) in [4.78, 5) is 14.7. The van der Waals surface area contributed by atoms with E-state index in [9.17, 15) is 17.8 Å². The Morgan fingerprint density at radius 1 is 1.09 bits per heavy atom. The lowest BCUT2D eigenvalue weighted by Gasteiger charge is -2.34. The van der Waals surface area contributed by atoms with E-state index in [2.05, 4.69) is 11.4 Å². The number of Topliss-reactive ketones (excluding diaryl/α,β-unsaturated/α-hetero) is 1. The Hall–Kier alpha value is -2.65. The first-order valence-corrected chi connectivity index (χ1v) is 17.3. The van der Waals surface area contributed by atoms with E-state index in [1.807, 2.05) is 43.4 Å². The third-order valence-corrected chi connectivity index (χ3v) is 11.5. The number of ether oxygens (including phenoxy) is 1. The fraction of sp³-hybridized carbons (Fsp3) is 0.382. The fourth-order valence-electron chi connectivity index (χ4n) is 6.43. The maximum atomic E-state index is 14.5. The summed E-state index contributed by atoms with van der Waals surface area (Å²) in [5.41, 5.74) is 2.90. The van der Waals surface area contributed by atoms with E-state index >= 15 is 0 Å². The molecule has 0 aliphatic heterocycles. The van der Waals surface area contributed by atoms with Crippen molar-refractivity contribution in [2.75, 3.05) is 20.4 Å². The molecular formula is C34H36ClF2NO3S2. The number of thiophene rings is 1. The molecule has 43 heavy (non-hydrogen) atoms. The van der Waals surface area contributed by atoms with Gasteiger partial charge in [0.15, 0.2) is 5.78 Å². The quantitative estimate of drug-likeness (QED) is 0.166. The highest BCUT2D eigenvalue weighted by Crippen LogP contribution is 2.42. The molecule has 0 saturated heterocycles. The standard InChI is InChI=1S/C34H36ClF2NO3S2/c1-38-24-13-10-20(11-14-24)21(19-28(39)34-32(35)31-26(36)15-16-27(37)33(31)42-34)8-9-23-18-22(12-17-29(23)41-2)25-6-4-5-7-30(25)43(3)40/h4-7,12,15-18,20-21,24,38H,8-11,13-14,19H2,1-3H3. The molecule has 1 N–H and O–H groups in total. The van der Waals surface area contributed by atoms with Gasteiger partial charge in [0.2, 0.25) is 0 Å². The van der Waals surface area contributed by atoms with Crippen LogP contribution in [0.25, 0.3) is 21.2 Å². The maximum absolute atomic E-state index is 14.5. The van der Waals surface area contributed by atoms with Gasteiger partial charge in [0.1, 0.15) is 17.4 Å². The van der Waals surface area contributed by atoms with Crippen molar-refractivity contribution in [3.8, 4) is 16.9 Å². The van der Waals surface area contributed by atoms with Gasteiger partial charge >= 0.3 is 0 Å². The van der Waals surface area contributed by atoms with Crippen LogP contribution in [0.4, 0.5) is 8.78 Å². The topological polar surface area (TPSA) is 55.4 Å². The van der Waals surface area contributed by atoms with Crippen molar-refractivity contribution >= 4 is 49.6 Å². The van der Waals surface area contributed by atoms with Gasteiger partial charge in [-0.2, -0.15) is 0 Å². The molecule has 1 aliphatic carbocycles.